The molecule has 0 spiro atoms. The summed E-state index contributed by atoms with van der Waals surface area (Å²) in [5, 5.41) is 6.77. The highest BCUT2D eigenvalue weighted by atomic mass is 16.6. The summed E-state index contributed by atoms with van der Waals surface area (Å²) in [5.41, 5.74) is 1.52. The van der Waals surface area contributed by atoms with E-state index in [4.69, 9.17) is 23.7 Å². The number of rotatable bonds is 11. The molecule has 1 heterocycles. The van der Waals surface area contributed by atoms with Crippen molar-refractivity contribution in [3.63, 3.8) is 0 Å². The van der Waals surface area contributed by atoms with Gasteiger partial charge in [0.25, 0.3) is 0 Å². The van der Waals surface area contributed by atoms with Crippen LogP contribution in [0, 0.1) is 0 Å². The van der Waals surface area contributed by atoms with E-state index < -0.39 is 11.7 Å². The summed E-state index contributed by atoms with van der Waals surface area (Å²) in [6.45, 7) is 7.07. The third-order valence-corrected chi connectivity index (χ3v) is 4.58. The van der Waals surface area contributed by atoms with Crippen LogP contribution >= 0.6 is 0 Å². The van der Waals surface area contributed by atoms with Crippen molar-refractivity contribution >= 4 is 34.2 Å². The Labute approximate surface area is 204 Å². The number of carbonyl (C=O) groups excluding carboxylic acids is 1. The standard InChI is InChI=1S/C25H32N4O6/c1-25(2,3)35-24(30)29-18-8-6-17(7-9-18)28-23-19-14-21(33-12-10-31-4)22(34-13-11-32-5)15-20(19)26-16-27-23/h6-9,14-16H,10-13H2,1-5H3,(H,29,30)(H,26,27,28). The normalized spacial score (nSPS) is 11.2. The maximum Gasteiger partial charge on any atom is 0.412 e. The maximum absolute atomic E-state index is 12.0. The van der Waals surface area contributed by atoms with Gasteiger partial charge in [-0.2, -0.15) is 0 Å². The van der Waals surface area contributed by atoms with Crippen LogP contribution < -0.4 is 20.1 Å². The highest BCUT2D eigenvalue weighted by Crippen LogP contribution is 2.35. The fourth-order valence-corrected chi connectivity index (χ4v) is 3.05. The average Bonchev–Trinajstić information content (AvgIpc) is 2.80. The highest BCUT2D eigenvalue weighted by Gasteiger charge is 2.16. The first kappa shape index (κ1) is 26.0. The zero-order chi connectivity index (χ0) is 25.3. The molecule has 0 fully saturated rings. The molecule has 2 aromatic carbocycles. The van der Waals surface area contributed by atoms with Gasteiger partial charge in [-0.05, 0) is 51.1 Å². The Bertz CT molecular complexity index is 1120. The number of anilines is 3. The van der Waals surface area contributed by atoms with Gasteiger partial charge in [0.2, 0.25) is 0 Å². The lowest BCUT2D eigenvalue weighted by atomic mass is 10.2. The number of methoxy groups -OCH3 is 2. The molecule has 0 saturated carbocycles. The number of nitrogens with one attached hydrogen (secondary N) is 2. The molecular formula is C25H32N4O6. The predicted molar refractivity (Wildman–Crippen MR) is 134 cm³/mol. The lowest BCUT2D eigenvalue weighted by Crippen LogP contribution is -2.27. The molecule has 10 nitrogen and oxygen atoms in total. The number of nitrogens with zero attached hydrogens (tertiary/aromatic N) is 2. The number of aromatic nitrogens is 2. The second-order valence-electron chi connectivity index (χ2n) is 8.55. The second kappa shape index (κ2) is 12.2. The summed E-state index contributed by atoms with van der Waals surface area (Å²) in [6.07, 6.45) is 0.970. The van der Waals surface area contributed by atoms with Crippen molar-refractivity contribution in [3.05, 3.63) is 42.7 Å². The number of amides is 1. The molecule has 3 rings (SSSR count). The van der Waals surface area contributed by atoms with Crippen molar-refractivity contribution in [1.29, 1.82) is 0 Å². The zero-order valence-electron chi connectivity index (χ0n) is 20.7. The number of carbonyl (C=O) groups is 1. The monoisotopic (exact) mass is 484 g/mol. The summed E-state index contributed by atoms with van der Waals surface area (Å²) in [6, 6.07) is 10.9. The van der Waals surface area contributed by atoms with Crippen LogP contribution in [0.4, 0.5) is 22.0 Å². The lowest BCUT2D eigenvalue weighted by molar-refractivity contribution is 0.0636. The van der Waals surface area contributed by atoms with Crippen LogP contribution in [0.25, 0.3) is 10.9 Å². The Morgan fingerprint density at radius 1 is 0.857 bits per heavy atom. The van der Waals surface area contributed by atoms with Crippen LogP contribution in [-0.4, -0.2) is 62.3 Å². The number of fused-ring (bicyclic) bond motifs is 1. The third kappa shape index (κ3) is 7.97. The van der Waals surface area contributed by atoms with Crippen molar-refractivity contribution in [2.75, 3.05) is 51.3 Å². The molecule has 1 amide bonds. The van der Waals surface area contributed by atoms with E-state index in [0.717, 1.165) is 11.1 Å². The van der Waals surface area contributed by atoms with Gasteiger partial charge in [0.1, 0.15) is 31.0 Å². The molecule has 0 aliphatic heterocycles. The molecule has 0 radical (unpaired) electrons. The number of hydrogen-bond acceptors (Lipinski definition) is 9. The minimum Gasteiger partial charge on any atom is -0.487 e. The van der Waals surface area contributed by atoms with Crippen molar-refractivity contribution < 1.29 is 28.5 Å². The highest BCUT2D eigenvalue weighted by molar-refractivity contribution is 5.93. The van der Waals surface area contributed by atoms with Crippen LogP contribution in [0.1, 0.15) is 20.8 Å². The van der Waals surface area contributed by atoms with Crippen LogP contribution in [0.15, 0.2) is 42.7 Å². The first-order chi connectivity index (χ1) is 16.8. The Morgan fingerprint density at radius 2 is 1.46 bits per heavy atom. The Morgan fingerprint density at radius 3 is 2.06 bits per heavy atom. The summed E-state index contributed by atoms with van der Waals surface area (Å²) >= 11 is 0. The topological polar surface area (TPSA) is 113 Å². The van der Waals surface area contributed by atoms with Crippen molar-refractivity contribution in [2.24, 2.45) is 0 Å². The van der Waals surface area contributed by atoms with Gasteiger partial charge in [0.15, 0.2) is 11.5 Å². The molecule has 2 N–H and O–H groups in total. The first-order valence-corrected chi connectivity index (χ1v) is 11.2. The fraction of sp³-hybridized carbons (Fsp3) is 0.400. The van der Waals surface area contributed by atoms with Gasteiger partial charge in [-0.1, -0.05) is 0 Å². The quantitative estimate of drug-likeness (QED) is 0.372. The van der Waals surface area contributed by atoms with Crippen molar-refractivity contribution in [3.8, 4) is 11.5 Å². The van der Waals surface area contributed by atoms with Crippen LogP contribution in [0.5, 0.6) is 11.5 Å². The zero-order valence-corrected chi connectivity index (χ0v) is 20.7. The Hall–Kier alpha value is -3.63. The molecular weight excluding hydrogens is 452 g/mol. The molecule has 0 unspecified atom stereocenters. The smallest absolute Gasteiger partial charge is 0.412 e. The molecule has 3 aromatic rings. The maximum atomic E-state index is 12.0. The Balaban J connectivity index is 1.80. The summed E-state index contributed by atoms with van der Waals surface area (Å²) < 4.78 is 27.2. The fourth-order valence-electron chi connectivity index (χ4n) is 3.05. The van der Waals surface area contributed by atoms with E-state index in [1.807, 2.05) is 45.0 Å². The lowest BCUT2D eigenvalue weighted by Gasteiger charge is -2.19. The Kier molecular flexibility index (Phi) is 9.04. The molecule has 10 heteroatoms. The van der Waals surface area contributed by atoms with Gasteiger partial charge < -0.3 is 29.0 Å². The minimum atomic E-state index is -0.569. The van der Waals surface area contributed by atoms with Gasteiger partial charge in [-0.3, -0.25) is 5.32 Å². The van der Waals surface area contributed by atoms with E-state index in [0.29, 0.717) is 54.9 Å². The minimum absolute atomic E-state index is 0.366. The van der Waals surface area contributed by atoms with Gasteiger partial charge >= 0.3 is 6.09 Å². The summed E-state index contributed by atoms with van der Waals surface area (Å²) in [5.74, 6) is 1.72. The molecule has 0 aliphatic carbocycles. The summed E-state index contributed by atoms with van der Waals surface area (Å²) in [4.78, 5) is 20.8. The molecule has 0 aliphatic rings. The van der Waals surface area contributed by atoms with Crippen LogP contribution in [-0.2, 0) is 14.2 Å². The molecule has 1 aromatic heterocycles. The molecule has 35 heavy (non-hydrogen) atoms. The van der Waals surface area contributed by atoms with Gasteiger partial charge in [-0.15, -0.1) is 0 Å². The third-order valence-electron chi connectivity index (χ3n) is 4.58. The number of benzene rings is 2. The van der Waals surface area contributed by atoms with E-state index in [1.165, 1.54) is 6.33 Å². The van der Waals surface area contributed by atoms with E-state index in [2.05, 4.69) is 20.6 Å². The van der Waals surface area contributed by atoms with E-state index in [-0.39, 0.29) is 0 Å². The average molecular weight is 485 g/mol. The second-order valence-corrected chi connectivity index (χ2v) is 8.55. The largest absolute Gasteiger partial charge is 0.487 e. The SMILES string of the molecule is COCCOc1cc2ncnc(Nc3ccc(NC(=O)OC(C)(C)C)cc3)c2cc1OCCOC. The molecule has 0 atom stereocenters. The van der Waals surface area contributed by atoms with Crippen molar-refractivity contribution in [1.82, 2.24) is 9.97 Å². The van der Waals surface area contributed by atoms with E-state index in [1.54, 1.807) is 26.4 Å². The van der Waals surface area contributed by atoms with Crippen LogP contribution in [0.2, 0.25) is 0 Å². The summed E-state index contributed by atoms with van der Waals surface area (Å²) in [7, 11) is 3.23. The predicted octanol–water partition coefficient (Wildman–Crippen LogP) is 4.77. The van der Waals surface area contributed by atoms with E-state index in [9.17, 15) is 4.79 Å². The molecule has 0 bridgehead atoms. The molecule has 0 saturated heterocycles. The molecule has 188 valence electrons. The van der Waals surface area contributed by atoms with Gasteiger partial charge in [0, 0.05) is 37.0 Å². The number of hydrogen-bond donors (Lipinski definition) is 2. The van der Waals surface area contributed by atoms with E-state index >= 15 is 0 Å². The first-order valence-electron chi connectivity index (χ1n) is 11.2. The van der Waals surface area contributed by atoms with Gasteiger partial charge in [0.05, 0.1) is 18.7 Å². The number of ether oxygens (including phenoxy) is 5. The van der Waals surface area contributed by atoms with Gasteiger partial charge in [-0.25, -0.2) is 14.8 Å². The van der Waals surface area contributed by atoms with Crippen molar-refractivity contribution in [2.45, 2.75) is 26.4 Å². The van der Waals surface area contributed by atoms with Crippen LogP contribution in [0.3, 0.4) is 0 Å².